The Balaban J connectivity index is 2.11. The van der Waals surface area contributed by atoms with Gasteiger partial charge in [-0.05, 0) is 35.9 Å². The molecule has 114 valence electrons. The highest BCUT2D eigenvalue weighted by Gasteiger charge is 2.08. The lowest BCUT2D eigenvalue weighted by atomic mass is 10.2. The zero-order chi connectivity index (χ0) is 16.2. The van der Waals surface area contributed by atoms with E-state index in [2.05, 4.69) is 5.32 Å². The molecule has 4 nitrogen and oxygen atoms in total. The van der Waals surface area contributed by atoms with Crippen molar-refractivity contribution in [2.45, 2.75) is 4.90 Å². The maximum absolute atomic E-state index is 11.9. The first-order chi connectivity index (χ1) is 10.4. The van der Waals surface area contributed by atoms with Gasteiger partial charge < -0.3 is 5.32 Å². The van der Waals surface area contributed by atoms with Gasteiger partial charge in [-0.25, -0.2) is 8.42 Å². The van der Waals surface area contributed by atoms with Crippen LogP contribution in [-0.4, -0.2) is 20.6 Å². The molecule has 0 aromatic heterocycles. The van der Waals surface area contributed by atoms with Crippen LogP contribution in [0, 0.1) is 0 Å². The van der Waals surface area contributed by atoms with Gasteiger partial charge in [0.2, 0.25) is 5.91 Å². The monoisotopic (exact) mass is 335 g/mol. The summed E-state index contributed by atoms with van der Waals surface area (Å²) in [5.41, 5.74) is 1.14. The Morgan fingerprint density at radius 3 is 2.55 bits per heavy atom. The number of carbonyl (C=O) groups is 1. The summed E-state index contributed by atoms with van der Waals surface area (Å²) in [4.78, 5) is 12.0. The number of rotatable bonds is 4. The number of hydrogen-bond donors (Lipinski definition) is 1. The number of carbonyl (C=O) groups excluding carboxylic acids is 1. The van der Waals surface area contributed by atoms with E-state index >= 15 is 0 Å². The average molecular weight is 336 g/mol. The average Bonchev–Trinajstić information content (AvgIpc) is 2.46. The molecule has 2 aromatic carbocycles. The van der Waals surface area contributed by atoms with Crippen molar-refractivity contribution in [1.82, 2.24) is 0 Å². The van der Waals surface area contributed by atoms with Gasteiger partial charge in [0.05, 0.1) is 4.90 Å². The molecular weight excluding hydrogens is 322 g/mol. The number of sulfone groups is 1. The summed E-state index contributed by atoms with van der Waals surface area (Å²) in [5.74, 6) is -0.370. The first-order valence-electron chi connectivity index (χ1n) is 6.40. The zero-order valence-electron chi connectivity index (χ0n) is 11.8. The van der Waals surface area contributed by atoms with E-state index in [4.69, 9.17) is 11.6 Å². The number of halogens is 1. The SMILES string of the molecule is CS(=O)(=O)c1cccc(NC(=O)/C=C/c2ccccc2Cl)c1. The van der Waals surface area contributed by atoms with Crippen molar-refractivity contribution in [2.24, 2.45) is 0 Å². The van der Waals surface area contributed by atoms with Gasteiger partial charge in [-0.2, -0.15) is 0 Å². The first-order valence-corrected chi connectivity index (χ1v) is 8.67. The summed E-state index contributed by atoms with van der Waals surface area (Å²) in [7, 11) is -3.31. The van der Waals surface area contributed by atoms with Crippen LogP contribution in [0.3, 0.4) is 0 Å². The fourth-order valence-electron chi connectivity index (χ4n) is 1.76. The minimum absolute atomic E-state index is 0.153. The molecule has 0 saturated heterocycles. The van der Waals surface area contributed by atoms with Crippen LogP contribution in [0.2, 0.25) is 5.02 Å². The van der Waals surface area contributed by atoms with Gasteiger partial charge >= 0.3 is 0 Å². The van der Waals surface area contributed by atoms with Crippen LogP contribution in [0.4, 0.5) is 5.69 Å². The maximum atomic E-state index is 11.9. The molecule has 1 N–H and O–H groups in total. The molecule has 0 heterocycles. The number of anilines is 1. The normalized spacial score (nSPS) is 11.5. The van der Waals surface area contributed by atoms with Gasteiger partial charge in [0.25, 0.3) is 0 Å². The van der Waals surface area contributed by atoms with Crippen molar-refractivity contribution in [2.75, 3.05) is 11.6 Å². The van der Waals surface area contributed by atoms with E-state index in [0.29, 0.717) is 10.7 Å². The van der Waals surface area contributed by atoms with Gasteiger partial charge in [-0.15, -0.1) is 0 Å². The number of amides is 1. The second-order valence-corrected chi connectivity index (χ2v) is 7.07. The molecular formula is C16H14ClNO3S. The van der Waals surface area contributed by atoms with Crippen molar-refractivity contribution in [3.05, 3.63) is 65.2 Å². The van der Waals surface area contributed by atoms with Crippen LogP contribution in [0.1, 0.15) is 5.56 Å². The molecule has 0 spiro atoms. The van der Waals surface area contributed by atoms with E-state index in [1.54, 1.807) is 36.4 Å². The topological polar surface area (TPSA) is 63.2 Å². The Bertz CT molecular complexity index is 829. The Morgan fingerprint density at radius 1 is 1.14 bits per heavy atom. The van der Waals surface area contributed by atoms with E-state index < -0.39 is 9.84 Å². The van der Waals surface area contributed by atoms with E-state index in [-0.39, 0.29) is 10.8 Å². The summed E-state index contributed by atoms with van der Waals surface area (Å²) in [6, 6.07) is 13.2. The van der Waals surface area contributed by atoms with Crippen molar-refractivity contribution in [1.29, 1.82) is 0 Å². The molecule has 0 atom stereocenters. The van der Waals surface area contributed by atoms with Crippen molar-refractivity contribution in [3.63, 3.8) is 0 Å². The Hall–Kier alpha value is -2.11. The van der Waals surface area contributed by atoms with Crippen LogP contribution in [0.25, 0.3) is 6.08 Å². The van der Waals surface area contributed by atoms with Crippen LogP contribution < -0.4 is 5.32 Å². The number of nitrogens with one attached hydrogen (secondary N) is 1. The third-order valence-electron chi connectivity index (χ3n) is 2.85. The molecule has 0 aliphatic heterocycles. The summed E-state index contributed by atoms with van der Waals surface area (Å²) in [6.45, 7) is 0. The van der Waals surface area contributed by atoms with Crippen LogP contribution in [0.5, 0.6) is 0 Å². The van der Waals surface area contributed by atoms with E-state index in [1.165, 1.54) is 18.2 Å². The minimum Gasteiger partial charge on any atom is -0.322 e. The highest BCUT2D eigenvalue weighted by Crippen LogP contribution is 2.17. The fraction of sp³-hybridized carbons (Fsp3) is 0.0625. The van der Waals surface area contributed by atoms with Gasteiger partial charge in [-0.1, -0.05) is 35.9 Å². The predicted molar refractivity (Wildman–Crippen MR) is 88.7 cm³/mol. The molecule has 0 fully saturated rings. The molecule has 0 aliphatic carbocycles. The van der Waals surface area contributed by atoms with Crippen LogP contribution in [-0.2, 0) is 14.6 Å². The van der Waals surface area contributed by atoms with Crippen molar-refractivity contribution >= 4 is 39.1 Å². The quantitative estimate of drug-likeness (QED) is 0.871. The van der Waals surface area contributed by atoms with Crippen LogP contribution >= 0.6 is 11.6 Å². The molecule has 0 unspecified atom stereocenters. The molecule has 0 radical (unpaired) electrons. The number of benzene rings is 2. The third kappa shape index (κ3) is 4.44. The van der Waals surface area contributed by atoms with Crippen LogP contribution in [0.15, 0.2) is 59.5 Å². The lowest BCUT2D eigenvalue weighted by molar-refractivity contribution is -0.111. The minimum atomic E-state index is -3.31. The van der Waals surface area contributed by atoms with E-state index in [9.17, 15) is 13.2 Å². The largest absolute Gasteiger partial charge is 0.322 e. The highest BCUT2D eigenvalue weighted by atomic mass is 35.5. The summed E-state index contributed by atoms with van der Waals surface area (Å²) in [6.07, 6.45) is 4.05. The molecule has 2 rings (SSSR count). The fourth-order valence-corrected chi connectivity index (χ4v) is 2.63. The smallest absolute Gasteiger partial charge is 0.248 e. The molecule has 0 saturated carbocycles. The number of hydrogen-bond acceptors (Lipinski definition) is 3. The summed E-state index contributed by atoms with van der Waals surface area (Å²) >= 11 is 5.99. The molecule has 0 bridgehead atoms. The Kier molecular flexibility index (Phi) is 5.00. The molecule has 22 heavy (non-hydrogen) atoms. The van der Waals surface area contributed by atoms with Gasteiger partial charge in [0, 0.05) is 23.0 Å². The molecule has 1 amide bonds. The maximum Gasteiger partial charge on any atom is 0.248 e. The zero-order valence-corrected chi connectivity index (χ0v) is 13.4. The Labute approximate surface area is 134 Å². The first kappa shape index (κ1) is 16.3. The summed E-state index contributed by atoms with van der Waals surface area (Å²) in [5, 5.41) is 3.16. The lowest BCUT2D eigenvalue weighted by Gasteiger charge is -2.04. The summed E-state index contributed by atoms with van der Waals surface area (Å²) < 4.78 is 23.0. The van der Waals surface area contributed by atoms with Crippen molar-refractivity contribution in [3.8, 4) is 0 Å². The van der Waals surface area contributed by atoms with Gasteiger partial charge in [0.15, 0.2) is 9.84 Å². The predicted octanol–water partition coefficient (Wildman–Crippen LogP) is 3.40. The second kappa shape index (κ2) is 6.77. The molecule has 2 aromatic rings. The molecule has 6 heteroatoms. The highest BCUT2D eigenvalue weighted by molar-refractivity contribution is 7.90. The van der Waals surface area contributed by atoms with E-state index in [0.717, 1.165) is 11.8 Å². The lowest BCUT2D eigenvalue weighted by Crippen LogP contribution is -2.08. The third-order valence-corrected chi connectivity index (χ3v) is 4.30. The van der Waals surface area contributed by atoms with Crippen molar-refractivity contribution < 1.29 is 13.2 Å². The Morgan fingerprint density at radius 2 is 1.86 bits per heavy atom. The second-order valence-electron chi connectivity index (χ2n) is 4.64. The van der Waals surface area contributed by atoms with Gasteiger partial charge in [-0.3, -0.25) is 4.79 Å². The standard InChI is InChI=1S/C16H14ClNO3S/c1-22(20,21)14-7-4-6-13(11-14)18-16(19)10-9-12-5-2-3-8-15(12)17/h2-11H,1H3,(H,18,19)/b10-9+. The van der Waals surface area contributed by atoms with E-state index in [1.807, 2.05) is 6.07 Å². The molecule has 0 aliphatic rings. The van der Waals surface area contributed by atoms with Gasteiger partial charge in [0.1, 0.15) is 0 Å².